The Kier molecular flexibility index (Phi) is 3.28. The molecule has 0 amide bonds. The molecule has 17 heavy (non-hydrogen) atoms. The zero-order valence-corrected chi connectivity index (χ0v) is 11.2. The first-order valence-corrected chi connectivity index (χ1v) is 6.41. The summed E-state index contributed by atoms with van der Waals surface area (Å²) >= 11 is 0. The Morgan fingerprint density at radius 3 is 2.65 bits per heavy atom. The first-order valence-electron chi connectivity index (χ1n) is 6.41. The van der Waals surface area contributed by atoms with Crippen molar-refractivity contribution in [3.8, 4) is 0 Å². The van der Waals surface area contributed by atoms with Crippen molar-refractivity contribution >= 4 is 0 Å². The zero-order chi connectivity index (χ0) is 12.6. The van der Waals surface area contributed by atoms with E-state index in [1.165, 1.54) is 16.7 Å². The molecule has 1 aromatic rings. The van der Waals surface area contributed by atoms with Crippen molar-refractivity contribution in [2.75, 3.05) is 6.61 Å². The minimum Gasteiger partial charge on any atom is -0.396 e. The Morgan fingerprint density at radius 2 is 2.06 bits per heavy atom. The van der Waals surface area contributed by atoms with Gasteiger partial charge in [-0.15, -0.1) is 0 Å². The van der Waals surface area contributed by atoms with E-state index in [4.69, 9.17) is 0 Å². The summed E-state index contributed by atoms with van der Waals surface area (Å²) in [5.41, 5.74) is 4.21. The molecule has 2 heteroatoms. The minimum atomic E-state index is 0.187. The molecule has 2 atom stereocenters. The molecule has 0 bridgehead atoms. The number of rotatable bonds is 1. The van der Waals surface area contributed by atoms with Gasteiger partial charge in [-0.3, -0.25) is 0 Å². The normalized spacial score (nSPS) is 24.5. The van der Waals surface area contributed by atoms with Crippen LogP contribution in [0.3, 0.4) is 0 Å². The molecule has 0 radical (unpaired) electrons. The highest BCUT2D eigenvalue weighted by Crippen LogP contribution is 2.31. The molecule has 94 valence electrons. The third kappa shape index (κ3) is 2.38. The first-order chi connectivity index (χ1) is 7.93. The van der Waals surface area contributed by atoms with Crippen LogP contribution in [0.2, 0.25) is 0 Å². The molecule has 0 spiro atoms. The Hall–Kier alpha value is -0.860. The quantitative estimate of drug-likeness (QED) is 0.781. The predicted octanol–water partition coefficient (Wildman–Crippen LogP) is 2.55. The summed E-state index contributed by atoms with van der Waals surface area (Å²) in [5.74, 6) is 0.229. The standard InChI is InChI=1S/C15H23NO/c1-10-14(9-17)13-6-5-12(15(2,3)4)7-11(13)8-16-10/h5-7,10,14,16-17H,8-9H2,1-4H3. The Morgan fingerprint density at radius 1 is 1.35 bits per heavy atom. The van der Waals surface area contributed by atoms with Gasteiger partial charge in [0.2, 0.25) is 0 Å². The molecule has 1 aliphatic rings. The van der Waals surface area contributed by atoms with E-state index in [-0.39, 0.29) is 17.9 Å². The number of nitrogens with one attached hydrogen (secondary N) is 1. The van der Waals surface area contributed by atoms with Crippen molar-refractivity contribution in [1.82, 2.24) is 5.32 Å². The van der Waals surface area contributed by atoms with E-state index in [1.54, 1.807) is 0 Å². The lowest BCUT2D eigenvalue weighted by molar-refractivity contribution is 0.232. The van der Waals surface area contributed by atoms with Crippen molar-refractivity contribution in [3.63, 3.8) is 0 Å². The maximum Gasteiger partial charge on any atom is 0.0514 e. The fourth-order valence-electron chi connectivity index (χ4n) is 2.53. The Bertz CT molecular complexity index is 406. The van der Waals surface area contributed by atoms with Gasteiger partial charge in [0.25, 0.3) is 0 Å². The van der Waals surface area contributed by atoms with Crippen LogP contribution in [0, 0.1) is 0 Å². The third-order valence-electron chi connectivity index (χ3n) is 3.82. The lowest BCUT2D eigenvalue weighted by Crippen LogP contribution is -2.38. The average Bonchev–Trinajstić information content (AvgIpc) is 2.27. The lowest BCUT2D eigenvalue weighted by Gasteiger charge is -2.32. The SMILES string of the molecule is CC1NCc2cc(C(C)(C)C)ccc2C1CO. The second-order valence-electron chi connectivity index (χ2n) is 6.12. The van der Waals surface area contributed by atoms with Gasteiger partial charge in [-0.25, -0.2) is 0 Å². The zero-order valence-electron chi connectivity index (χ0n) is 11.2. The molecule has 0 saturated carbocycles. The number of aliphatic hydroxyl groups is 1. The minimum absolute atomic E-state index is 0.187. The Labute approximate surface area is 104 Å². The van der Waals surface area contributed by atoms with E-state index >= 15 is 0 Å². The number of hydrogen-bond donors (Lipinski definition) is 2. The molecular weight excluding hydrogens is 210 g/mol. The smallest absolute Gasteiger partial charge is 0.0514 e. The predicted molar refractivity (Wildman–Crippen MR) is 71.3 cm³/mol. The van der Waals surface area contributed by atoms with Gasteiger partial charge >= 0.3 is 0 Å². The number of benzene rings is 1. The van der Waals surface area contributed by atoms with E-state index in [1.807, 2.05) is 0 Å². The highest BCUT2D eigenvalue weighted by molar-refractivity contribution is 5.39. The van der Waals surface area contributed by atoms with Crippen LogP contribution >= 0.6 is 0 Å². The van der Waals surface area contributed by atoms with Crippen LogP contribution in [0.15, 0.2) is 18.2 Å². The summed E-state index contributed by atoms with van der Waals surface area (Å²) in [7, 11) is 0. The van der Waals surface area contributed by atoms with Crippen LogP contribution in [0.25, 0.3) is 0 Å². The van der Waals surface area contributed by atoms with Crippen molar-refractivity contribution in [2.24, 2.45) is 0 Å². The molecule has 0 aromatic heterocycles. The van der Waals surface area contributed by atoms with Gasteiger partial charge in [0.05, 0.1) is 6.61 Å². The summed E-state index contributed by atoms with van der Waals surface area (Å²) in [5, 5.41) is 13.0. The second-order valence-corrected chi connectivity index (χ2v) is 6.12. The average molecular weight is 233 g/mol. The summed E-state index contributed by atoms with van der Waals surface area (Å²) in [4.78, 5) is 0. The van der Waals surface area contributed by atoms with Crippen LogP contribution < -0.4 is 5.32 Å². The fourth-order valence-corrected chi connectivity index (χ4v) is 2.53. The lowest BCUT2D eigenvalue weighted by atomic mass is 9.80. The second kappa shape index (κ2) is 4.43. The van der Waals surface area contributed by atoms with Gasteiger partial charge in [0, 0.05) is 18.5 Å². The van der Waals surface area contributed by atoms with Gasteiger partial charge in [-0.2, -0.15) is 0 Å². The summed E-state index contributed by atoms with van der Waals surface area (Å²) in [6.45, 7) is 9.97. The van der Waals surface area contributed by atoms with Crippen molar-refractivity contribution in [3.05, 3.63) is 34.9 Å². The van der Waals surface area contributed by atoms with Gasteiger partial charge in [-0.1, -0.05) is 39.0 Å². The largest absolute Gasteiger partial charge is 0.396 e. The molecular formula is C15H23NO. The van der Waals surface area contributed by atoms with Crippen LogP contribution in [0.4, 0.5) is 0 Å². The van der Waals surface area contributed by atoms with E-state index < -0.39 is 0 Å². The van der Waals surface area contributed by atoms with Gasteiger partial charge in [0.15, 0.2) is 0 Å². The van der Waals surface area contributed by atoms with Gasteiger partial charge in [-0.05, 0) is 29.0 Å². The fraction of sp³-hybridized carbons (Fsp3) is 0.600. The van der Waals surface area contributed by atoms with Crippen molar-refractivity contribution < 1.29 is 5.11 Å². The molecule has 0 aliphatic carbocycles. The highest BCUT2D eigenvalue weighted by Gasteiger charge is 2.26. The summed E-state index contributed by atoms with van der Waals surface area (Å²) in [6, 6.07) is 7.05. The van der Waals surface area contributed by atoms with Crippen molar-refractivity contribution in [2.45, 2.75) is 51.6 Å². The van der Waals surface area contributed by atoms with Crippen molar-refractivity contribution in [1.29, 1.82) is 0 Å². The molecule has 0 fully saturated rings. The molecule has 1 heterocycles. The number of fused-ring (bicyclic) bond motifs is 1. The molecule has 2 unspecified atom stereocenters. The summed E-state index contributed by atoms with van der Waals surface area (Å²) < 4.78 is 0. The molecule has 1 aromatic carbocycles. The highest BCUT2D eigenvalue weighted by atomic mass is 16.3. The number of aliphatic hydroxyl groups excluding tert-OH is 1. The third-order valence-corrected chi connectivity index (χ3v) is 3.82. The summed E-state index contributed by atoms with van der Waals surface area (Å²) in [6.07, 6.45) is 0. The van der Waals surface area contributed by atoms with Crippen LogP contribution in [-0.2, 0) is 12.0 Å². The monoisotopic (exact) mass is 233 g/mol. The van der Waals surface area contributed by atoms with Crippen LogP contribution in [0.1, 0.15) is 50.3 Å². The number of hydrogen-bond acceptors (Lipinski definition) is 2. The van der Waals surface area contributed by atoms with E-state index in [2.05, 4.69) is 51.2 Å². The van der Waals surface area contributed by atoms with Gasteiger partial charge < -0.3 is 10.4 Å². The molecule has 0 saturated heterocycles. The van der Waals surface area contributed by atoms with E-state index in [0.717, 1.165) is 6.54 Å². The van der Waals surface area contributed by atoms with E-state index in [0.29, 0.717) is 6.04 Å². The van der Waals surface area contributed by atoms with Gasteiger partial charge in [0.1, 0.15) is 0 Å². The maximum absolute atomic E-state index is 9.50. The first kappa shape index (κ1) is 12.6. The Balaban J connectivity index is 2.41. The molecule has 2 N–H and O–H groups in total. The topological polar surface area (TPSA) is 32.3 Å². The molecule has 2 nitrogen and oxygen atoms in total. The molecule has 2 rings (SSSR count). The van der Waals surface area contributed by atoms with E-state index in [9.17, 15) is 5.11 Å². The van der Waals surface area contributed by atoms with Crippen LogP contribution in [0.5, 0.6) is 0 Å². The molecule has 1 aliphatic heterocycles. The maximum atomic E-state index is 9.50. The van der Waals surface area contributed by atoms with Crippen LogP contribution in [-0.4, -0.2) is 17.8 Å².